The number of hydrogen-bond acceptors (Lipinski definition) is 5. The first-order valence-electron chi connectivity index (χ1n) is 9.77. The summed E-state index contributed by atoms with van der Waals surface area (Å²) in [5.41, 5.74) is 8.52. The SMILES string of the molecule is N[C@@H](CC(=O)N1CCC(CCCC(=O)NO)CC1)C(=O)NCc1ccccc1. The Bertz CT molecular complexity index is 645. The van der Waals surface area contributed by atoms with Crippen LogP contribution in [-0.4, -0.2) is 47.0 Å². The van der Waals surface area contributed by atoms with Gasteiger partial charge in [0.1, 0.15) is 0 Å². The standard InChI is InChI=1S/C20H30N4O4/c21-17(20(27)22-14-16-5-2-1-3-6-16)13-19(26)24-11-9-15(10-12-24)7-4-8-18(25)23-28/h1-3,5-6,15,17,28H,4,7-14,21H2,(H,22,27)(H,23,25)/t17-/m0/s1. The number of nitrogens with two attached hydrogens (primary N) is 1. The van der Waals surface area contributed by atoms with Crippen LogP contribution in [-0.2, 0) is 20.9 Å². The molecule has 1 fully saturated rings. The van der Waals surface area contributed by atoms with E-state index in [0.717, 1.165) is 31.2 Å². The van der Waals surface area contributed by atoms with E-state index in [0.29, 0.717) is 32.0 Å². The third-order valence-corrected chi connectivity index (χ3v) is 5.15. The molecular weight excluding hydrogens is 360 g/mol. The highest BCUT2D eigenvalue weighted by molar-refractivity contribution is 5.88. The summed E-state index contributed by atoms with van der Waals surface area (Å²) in [6.45, 7) is 1.68. The molecule has 0 aliphatic carbocycles. The molecule has 1 saturated heterocycles. The molecule has 1 aromatic rings. The van der Waals surface area contributed by atoms with Gasteiger partial charge in [0.05, 0.1) is 12.5 Å². The van der Waals surface area contributed by atoms with Crippen LogP contribution < -0.4 is 16.5 Å². The lowest BCUT2D eigenvalue weighted by molar-refractivity contribution is -0.135. The molecule has 8 nitrogen and oxygen atoms in total. The monoisotopic (exact) mass is 390 g/mol. The van der Waals surface area contributed by atoms with Gasteiger partial charge in [-0.05, 0) is 37.2 Å². The molecule has 0 aromatic heterocycles. The van der Waals surface area contributed by atoms with E-state index >= 15 is 0 Å². The first-order valence-corrected chi connectivity index (χ1v) is 9.77. The number of amides is 3. The van der Waals surface area contributed by atoms with Gasteiger partial charge in [-0.2, -0.15) is 0 Å². The summed E-state index contributed by atoms with van der Waals surface area (Å²) >= 11 is 0. The molecule has 1 aromatic carbocycles. The number of rotatable bonds is 9. The van der Waals surface area contributed by atoms with Crippen LogP contribution in [0.25, 0.3) is 0 Å². The van der Waals surface area contributed by atoms with Crippen LogP contribution in [0, 0.1) is 5.92 Å². The van der Waals surface area contributed by atoms with Crippen LogP contribution >= 0.6 is 0 Å². The molecule has 0 spiro atoms. The summed E-state index contributed by atoms with van der Waals surface area (Å²) in [6.07, 6.45) is 3.68. The fraction of sp³-hybridized carbons (Fsp3) is 0.550. The highest BCUT2D eigenvalue weighted by Crippen LogP contribution is 2.23. The Labute approximate surface area is 165 Å². The molecule has 1 heterocycles. The van der Waals surface area contributed by atoms with Gasteiger partial charge in [0, 0.05) is 26.1 Å². The molecule has 2 rings (SSSR count). The fourth-order valence-electron chi connectivity index (χ4n) is 3.40. The quantitative estimate of drug-likeness (QED) is 0.369. The largest absolute Gasteiger partial charge is 0.351 e. The number of nitrogens with zero attached hydrogens (tertiary/aromatic N) is 1. The predicted octanol–water partition coefficient (Wildman–Crippen LogP) is 0.935. The topological polar surface area (TPSA) is 125 Å². The maximum Gasteiger partial charge on any atom is 0.243 e. The number of hydroxylamine groups is 1. The summed E-state index contributed by atoms with van der Waals surface area (Å²) in [6, 6.07) is 8.68. The Morgan fingerprint density at radius 1 is 1.18 bits per heavy atom. The van der Waals surface area contributed by atoms with E-state index in [4.69, 9.17) is 10.9 Å². The predicted molar refractivity (Wildman–Crippen MR) is 104 cm³/mol. The number of nitrogens with one attached hydrogen (secondary N) is 2. The highest BCUT2D eigenvalue weighted by atomic mass is 16.5. The van der Waals surface area contributed by atoms with Crippen molar-refractivity contribution in [3.8, 4) is 0 Å². The van der Waals surface area contributed by atoms with Crippen molar-refractivity contribution in [1.82, 2.24) is 15.7 Å². The molecule has 5 N–H and O–H groups in total. The van der Waals surface area contributed by atoms with Gasteiger partial charge < -0.3 is 16.0 Å². The zero-order valence-electron chi connectivity index (χ0n) is 16.1. The minimum absolute atomic E-state index is 0.00195. The number of benzene rings is 1. The highest BCUT2D eigenvalue weighted by Gasteiger charge is 2.25. The van der Waals surface area contributed by atoms with Crippen LogP contribution in [0.5, 0.6) is 0 Å². The lowest BCUT2D eigenvalue weighted by Gasteiger charge is -2.32. The van der Waals surface area contributed by atoms with Gasteiger partial charge in [0.2, 0.25) is 17.7 Å². The lowest BCUT2D eigenvalue weighted by atomic mass is 9.91. The number of carbonyl (C=O) groups excluding carboxylic acids is 3. The van der Waals surface area contributed by atoms with Crippen LogP contribution in [0.2, 0.25) is 0 Å². The molecule has 3 amide bonds. The zero-order chi connectivity index (χ0) is 20.4. The summed E-state index contributed by atoms with van der Waals surface area (Å²) in [5.74, 6) is -0.319. The van der Waals surface area contributed by atoms with Crippen LogP contribution in [0.15, 0.2) is 30.3 Å². The van der Waals surface area contributed by atoms with Gasteiger partial charge in [-0.3, -0.25) is 19.6 Å². The summed E-state index contributed by atoms with van der Waals surface area (Å²) in [7, 11) is 0. The minimum Gasteiger partial charge on any atom is -0.351 e. The molecule has 28 heavy (non-hydrogen) atoms. The van der Waals surface area contributed by atoms with Crippen molar-refractivity contribution in [2.24, 2.45) is 11.7 Å². The van der Waals surface area contributed by atoms with Crippen molar-refractivity contribution in [3.63, 3.8) is 0 Å². The van der Waals surface area contributed by atoms with Crippen molar-refractivity contribution in [2.75, 3.05) is 13.1 Å². The van der Waals surface area contributed by atoms with Crippen LogP contribution in [0.4, 0.5) is 0 Å². The van der Waals surface area contributed by atoms with E-state index < -0.39 is 6.04 Å². The molecule has 0 radical (unpaired) electrons. The Hall–Kier alpha value is -2.45. The van der Waals surface area contributed by atoms with Gasteiger partial charge in [-0.1, -0.05) is 30.3 Å². The molecule has 0 bridgehead atoms. The minimum atomic E-state index is -0.856. The van der Waals surface area contributed by atoms with E-state index in [2.05, 4.69) is 5.32 Å². The molecule has 0 unspecified atom stereocenters. The molecule has 8 heteroatoms. The summed E-state index contributed by atoms with van der Waals surface area (Å²) in [5, 5.41) is 11.3. The third-order valence-electron chi connectivity index (χ3n) is 5.15. The maximum absolute atomic E-state index is 12.4. The second kappa shape index (κ2) is 11.4. The van der Waals surface area contributed by atoms with Crippen LogP contribution in [0.1, 0.15) is 44.1 Å². The average molecular weight is 390 g/mol. The van der Waals surface area contributed by atoms with Gasteiger partial charge in [-0.15, -0.1) is 0 Å². The molecule has 154 valence electrons. The lowest BCUT2D eigenvalue weighted by Crippen LogP contribution is -2.46. The Morgan fingerprint density at radius 3 is 2.50 bits per heavy atom. The van der Waals surface area contributed by atoms with Crippen molar-refractivity contribution >= 4 is 17.7 Å². The number of piperidine rings is 1. The fourth-order valence-corrected chi connectivity index (χ4v) is 3.40. The van der Waals surface area contributed by atoms with Crippen LogP contribution in [0.3, 0.4) is 0 Å². The molecule has 0 saturated carbocycles. The first kappa shape index (κ1) is 21.8. The molecule has 1 atom stereocenters. The van der Waals surface area contributed by atoms with Gasteiger partial charge in [0.25, 0.3) is 0 Å². The normalized spacial score (nSPS) is 15.7. The summed E-state index contributed by atoms with van der Waals surface area (Å²) in [4.78, 5) is 37.3. The van der Waals surface area contributed by atoms with Crippen molar-refractivity contribution in [2.45, 2.75) is 51.1 Å². The van der Waals surface area contributed by atoms with E-state index in [1.54, 1.807) is 10.4 Å². The second-order valence-electron chi connectivity index (χ2n) is 7.27. The van der Waals surface area contributed by atoms with E-state index in [-0.39, 0.29) is 24.1 Å². The number of hydrogen-bond donors (Lipinski definition) is 4. The van der Waals surface area contributed by atoms with Crippen molar-refractivity contribution < 1.29 is 19.6 Å². The smallest absolute Gasteiger partial charge is 0.243 e. The molecule has 1 aliphatic heterocycles. The first-order chi connectivity index (χ1) is 13.5. The number of likely N-dealkylation sites (tertiary alicyclic amines) is 1. The summed E-state index contributed by atoms with van der Waals surface area (Å²) < 4.78 is 0. The Kier molecular flexibility index (Phi) is 8.90. The van der Waals surface area contributed by atoms with Crippen molar-refractivity contribution in [1.29, 1.82) is 0 Å². The van der Waals surface area contributed by atoms with Gasteiger partial charge in [-0.25, -0.2) is 5.48 Å². The molecule has 1 aliphatic rings. The number of carbonyl (C=O) groups is 3. The average Bonchev–Trinajstić information content (AvgIpc) is 2.72. The van der Waals surface area contributed by atoms with E-state index in [9.17, 15) is 14.4 Å². The molecular formula is C20H30N4O4. The van der Waals surface area contributed by atoms with E-state index in [1.165, 1.54) is 0 Å². The van der Waals surface area contributed by atoms with Crippen molar-refractivity contribution in [3.05, 3.63) is 35.9 Å². The zero-order valence-corrected chi connectivity index (χ0v) is 16.1. The van der Waals surface area contributed by atoms with Gasteiger partial charge in [0.15, 0.2) is 0 Å². The Balaban J connectivity index is 1.65. The second-order valence-corrected chi connectivity index (χ2v) is 7.27. The Morgan fingerprint density at radius 2 is 1.86 bits per heavy atom. The van der Waals surface area contributed by atoms with Gasteiger partial charge >= 0.3 is 0 Å². The maximum atomic E-state index is 12.4. The van der Waals surface area contributed by atoms with E-state index in [1.807, 2.05) is 30.3 Å². The third kappa shape index (κ3) is 7.28.